The Labute approximate surface area is 103 Å². The fraction of sp³-hybridized carbons (Fsp3) is 0.500. The molecular weight excluding hydrogens is 214 g/mol. The van der Waals surface area contributed by atoms with Crippen LogP contribution in [0, 0.1) is 20.8 Å². The van der Waals surface area contributed by atoms with Gasteiger partial charge in [-0.05, 0) is 49.9 Å². The number of hydrogen-bond acceptors (Lipinski definition) is 3. The van der Waals surface area contributed by atoms with E-state index in [0.29, 0.717) is 6.54 Å². The summed E-state index contributed by atoms with van der Waals surface area (Å²) in [5.41, 5.74) is 5.05. The maximum atomic E-state index is 11.3. The molecule has 1 rings (SSSR count). The highest BCUT2D eigenvalue weighted by atomic mass is 16.5. The van der Waals surface area contributed by atoms with Crippen LogP contribution in [-0.4, -0.2) is 19.1 Å². The second-order valence-electron chi connectivity index (χ2n) is 4.49. The maximum absolute atomic E-state index is 11.3. The molecule has 1 aromatic carbocycles. The van der Waals surface area contributed by atoms with Crippen LogP contribution in [-0.2, 0) is 16.1 Å². The van der Waals surface area contributed by atoms with Crippen molar-refractivity contribution >= 4 is 5.97 Å². The lowest BCUT2D eigenvalue weighted by atomic mass is 10.0. The van der Waals surface area contributed by atoms with Gasteiger partial charge in [-0.1, -0.05) is 12.1 Å². The number of rotatable bonds is 4. The second kappa shape index (κ2) is 5.82. The van der Waals surface area contributed by atoms with Gasteiger partial charge in [-0.15, -0.1) is 0 Å². The first-order valence-corrected chi connectivity index (χ1v) is 5.83. The Bertz CT molecular complexity index is 413. The van der Waals surface area contributed by atoms with Crippen molar-refractivity contribution in [2.24, 2.45) is 0 Å². The van der Waals surface area contributed by atoms with Gasteiger partial charge < -0.3 is 10.1 Å². The molecule has 1 atom stereocenters. The van der Waals surface area contributed by atoms with Crippen LogP contribution < -0.4 is 5.32 Å². The Morgan fingerprint density at radius 1 is 1.24 bits per heavy atom. The molecule has 0 aliphatic rings. The molecule has 1 aromatic rings. The normalized spacial score (nSPS) is 12.3. The third-order valence-electron chi connectivity index (χ3n) is 3.11. The van der Waals surface area contributed by atoms with Crippen molar-refractivity contribution in [2.75, 3.05) is 7.11 Å². The first-order chi connectivity index (χ1) is 7.95. The molecule has 0 bridgehead atoms. The van der Waals surface area contributed by atoms with Gasteiger partial charge in [-0.2, -0.15) is 0 Å². The van der Waals surface area contributed by atoms with E-state index in [1.54, 1.807) is 0 Å². The Morgan fingerprint density at radius 3 is 2.41 bits per heavy atom. The standard InChI is InChI=1S/C14H21NO2/c1-9-6-11(3)13(7-10(9)2)8-15-12(4)14(16)17-5/h6-7,12,15H,8H2,1-5H3. The van der Waals surface area contributed by atoms with Crippen LogP contribution in [0.4, 0.5) is 0 Å². The van der Waals surface area contributed by atoms with Crippen LogP contribution in [0.2, 0.25) is 0 Å². The maximum Gasteiger partial charge on any atom is 0.322 e. The van der Waals surface area contributed by atoms with E-state index in [1.165, 1.54) is 29.4 Å². The average molecular weight is 235 g/mol. The van der Waals surface area contributed by atoms with Crippen LogP contribution in [0.5, 0.6) is 0 Å². The van der Waals surface area contributed by atoms with Crippen LogP contribution in [0.1, 0.15) is 29.2 Å². The summed E-state index contributed by atoms with van der Waals surface area (Å²) in [7, 11) is 1.40. The minimum absolute atomic E-state index is 0.230. The van der Waals surface area contributed by atoms with Gasteiger partial charge in [-0.3, -0.25) is 4.79 Å². The predicted octanol–water partition coefficient (Wildman–Crippen LogP) is 2.26. The first kappa shape index (κ1) is 13.7. The number of aryl methyl sites for hydroxylation is 3. The van der Waals surface area contributed by atoms with E-state index in [2.05, 4.69) is 43.0 Å². The quantitative estimate of drug-likeness (QED) is 0.814. The molecule has 94 valence electrons. The average Bonchev–Trinajstić information content (AvgIpc) is 2.30. The van der Waals surface area contributed by atoms with Gasteiger partial charge in [0.2, 0.25) is 0 Å². The van der Waals surface area contributed by atoms with Gasteiger partial charge in [-0.25, -0.2) is 0 Å². The Morgan fingerprint density at radius 2 is 1.82 bits per heavy atom. The molecular formula is C14H21NO2. The lowest BCUT2D eigenvalue weighted by Crippen LogP contribution is -2.34. The predicted molar refractivity (Wildman–Crippen MR) is 69.0 cm³/mol. The molecule has 0 saturated heterocycles. The van der Waals surface area contributed by atoms with Crippen LogP contribution in [0.15, 0.2) is 12.1 Å². The van der Waals surface area contributed by atoms with E-state index in [4.69, 9.17) is 0 Å². The number of carbonyl (C=O) groups is 1. The molecule has 0 aliphatic heterocycles. The van der Waals surface area contributed by atoms with E-state index in [1.807, 2.05) is 6.92 Å². The lowest BCUT2D eigenvalue weighted by Gasteiger charge is -2.14. The largest absolute Gasteiger partial charge is 0.468 e. The first-order valence-electron chi connectivity index (χ1n) is 5.83. The molecule has 0 amide bonds. The van der Waals surface area contributed by atoms with E-state index >= 15 is 0 Å². The van der Waals surface area contributed by atoms with Gasteiger partial charge in [0.15, 0.2) is 0 Å². The highest BCUT2D eigenvalue weighted by molar-refractivity contribution is 5.75. The zero-order valence-corrected chi connectivity index (χ0v) is 11.3. The van der Waals surface area contributed by atoms with Crippen molar-refractivity contribution in [3.05, 3.63) is 34.4 Å². The third kappa shape index (κ3) is 3.56. The molecule has 0 heterocycles. The number of hydrogen-bond donors (Lipinski definition) is 1. The van der Waals surface area contributed by atoms with Crippen LogP contribution >= 0.6 is 0 Å². The molecule has 0 fully saturated rings. The van der Waals surface area contributed by atoms with E-state index < -0.39 is 0 Å². The number of methoxy groups -OCH3 is 1. The molecule has 1 unspecified atom stereocenters. The topological polar surface area (TPSA) is 38.3 Å². The summed E-state index contributed by atoms with van der Waals surface area (Å²) in [6.45, 7) is 8.79. The minimum Gasteiger partial charge on any atom is -0.468 e. The molecule has 3 heteroatoms. The Balaban J connectivity index is 2.70. The van der Waals surface area contributed by atoms with Crippen LogP contribution in [0.3, 0.4) is 0 Å². The molecule has 0 spiro atoms. The number of nitrogens with one attached hydrogen (secondary N) is 1. The van der Waals surface area contributed by atoms with Crippen molar-refractivity contribution in [1.82, 2.24) is 5.32 Å². The van der Waals surface area contributed by atoms with E-state index in [0.717, 1.165) is 0 Å². The summed E-state index contributed by atoms with van der Waals surface area (Å²) in [4.78, 5) is 11.3. The van der Waals surface area contributed by atoms with Gasteiger partial charge in [0, 0.05) is 6.54 Å². The van der Waals surface area contributed by atoms with Crippen LogP contribution in [0.25, 0.3) is 0 Å². The summed E-state index contributed by atoms with van der Waals surface area (Å²) in [6.07, 6.45) is 0. The fourth-order valence-corrected chi connectivity index (χ4v) is 1.73. The molecule has 0 aliphatic carbocycles. The van der Waals surface area contributed by atoms with E-state index in [9.17, 15) is 4.79 Å². The van der Waals surface area contributed by atoms with Crippen molar-refractivity contribution in [3.63, 3.8) is 0 Å². The highest BCUT2D eigenvalue weighted by Crippen LogP contribution is 2.15. The second-order valence-corrected chi connectivity index (χ2v) is 4.49. The number of carbonyl (C=O) groups excluding carboxylic acids is 1. The summed E-state index contributed by atoms with van der Waals surface area (Å²) >= 11 is 0. The van der Waals surface area contributed by atoms with Crippen molar-refractivity contribution in [2.45, 2.75) is 40.3 Å². The number of ether oxygens (including phenoxy) is 1. The Hall–Kier alpha value is -1.35. The zero-order valence-electron chi connectivity index (χ0n) is 11.3. The molecule has 0 aromatic heterocycles. The summed E-state index contributed by atoms with van der Waals surface area (Å²) in [5, 5.41) is 3.16. The molecule has 17 heavy (non-hydrogen) atoms. The molecule has 3 nitrogen and oxygen atoms in total. The van der Waals surface area contributed by atoms with Crippen molar-refractivity contribution in [3.8, 4) is 0 Å². The smallest absolute Gasteiger partial charge is 0.322 e. The van der Waals surface area contributed by atoms with Crippen molar-refractivity contribution < 1.29 is 9.53 Å². The van der Waals surface area contributed by atoms with Gasteiger partial charge in [0.25, 0.3) is 0 Å². The van der Waals surface area contributed by atoms with Gasteiger partial charge >= 0.3 is 5.97 Å². The summed E-state index contributed by atoms with van der Waals surface area (Å²) in [5.74, 6) is -0.230. The fourth-order valence-electron chi connectivity index (χ4n) is 1.73. The SMILES string of the molecule is COC(=O)C(C)NCc1cc(C)c(C)cc1C. The zero-order chi connectivity index (χ0) is 13.0. The van der Waals surface area contributed by atoms with Crippen molar-refractivity contribution in [1.29, 1.82) is 0 Å². The summed E-state index contributed by atoms with van der Waals surface area (Å²) in [6, 6.07) is 4.07. The number of benzene rings is 1. The summed E-state index contributed by atoms with van der Waals surface area (Å²) < 4.78 is 4.67. The number of esters is 1. The minimum atomic E-state index is -0.277. The van der Waals surface area contributed by atoms with Gasteiger partial charge in [0.05, 0.1) is 7.11 Å². The molecule has 1 N–H and O–H groups in total. The molecule has 0 radical (unpaired) electrons. The molecule has 0 saturated carbocycles. The van der Waals surface area contributed by atoms with Gasteiger partial charge in [0.1, 0.15) is 6.04 Å². The Kier molecular flexibility index (Phi) is 4.70. The van der Waals surface area contributed by atoms with E-state index in [-0.39, 0.29) is 12.0 Å². The lowest BCUT2D eigenvalue weighted by molar-refractivity contribution is -0.142. The highest BCUT2D eigenvalue weighted by Gasteiger charge is 2.12. The third-order valence-corrected chi connectivity index (χ3v) is 3.11. The monoisotopic (exact) mass is 235 g/mol.